The molecule has 10 aromatic rings. The second-order valence-corrected chi connectivity index (χ2v) is 13.9. The minimum absolute atomic E-state index is 0.607. The summed E-state index contributed by atoms with van der Waals surface area (Å²) in [5.74, 6) is 0. The van der Waals surface area contributed by atoms with Gasteiger partial charge in [-0.05, 0) is 105 Å². The van der Waals surface area contributed by atoms with Crippen LogP contribution in [0.2, 0.25) is 0 Å². The predicted molar refractivity (Wildman–Crippen MR) is 231 cm³/mol. The van der Waals surface area contributed by atoms with Gasteiger partial charge in [0.25, 0.3) is 0 Å². The molecule has 0 radical (unpaired) electrons. The maximum absolute atomic E-state index is 10.4. The van der Waals surface area contributed by atoms with E-state index in [1.165, 1.54) is 21.8 Å². The van der Waals surface area contributed by atoms with Gasteiger partial charge in [0.05, 0.1) is 34.3 Å². The highest BCUT2D eigenvalue weighted by Crippen LogP contribution is 2.47. The lowest BCUT2D eigenvalue weighted by Gasteiger charge is -2.27. The molecule has 4 heteroatoms. The van der Waals surface area contributed by atoms with E-state index >= 15 is 0 Å². The van der Waals surface area contributed by atoms with E-state index in [-0.39, 0.29) is 0 Å². The lowest BCUT2D eigenvalue weighted by Crippen LogP contribution is -2.10. The van der Waals surface area contributed by atoms with Crippen LogP contribution < -0.4 is 4.90 Å². The molecule has 0 aliphatic rings. The Morgan fingerprint density at radius 3 is 1.36 bits per heavy atom. The molecule has 0 bridgehead atoms. The van der Waals surface area contributed by atoms with Crippen LogP contribution in [0.1, 0.15) is 11.1 Å². The van der Waals surface area contributed by atoms with Crippen LogP contribution >= 0.6 is 0 Å². The topological polar surface area (TPSA) is 55.8 Å². The summed E-state index contributed by atoms with van der Waals surface area (Å²) < 4.78 is 2.34. The van der Waals surface area contributed by atoms with Crippen molar-refractivity contribution in [2.24, 2.45) is 0 Å². The summed E-state index contributed by atoms with van der Waals surface area (Å²) in [6.45, 7) is 0. The Balaban J connectivity index is 1.23. The molecular weight excluding hydrogens is 681 g/mol. The first kappa shape index (κ1) is 32.7. The van der Waals surface area contributed by atoms with Crippen molar-refractivity contribution in [3.05, 3.63) is 205 Å². The standard InChI is InChI=1S/C52H32N4/c53-33-35-14-4-6-18-41(35)51-45-22-8-9-23-46(45)52(42-19-7-5-15-36(42)34-54)48-32-40(30-31-47(48)51)55(37-16-2-1-3-17-37)38-26-28-39(29-27-38)56-49-24-12-10-20-43(49)44-21-11-13-25-50(44)56/h1-32H. The van der Waals surface area contributed by atoms with Crippen molar-refractivity contribution in [1.29, 1.82) is 10.5 Å². The van der Waals surface area contributed by atoms with Crippen molar-refractivity contribution in [1.82, 2.24) is 4.57 Å². The van der Waals surface area contributed by atoms with Crippen LogP contribution in [0, 0.1) is 22.7 Å². The molecule has 1 aromatic heterocycles. The van der Waals surface area contributed by atoms with Crippen LogP contribution in [-0.4, -0.2) is 4.57 Å². The first-order valence-corrected chi connectivity index (χ1v) is 18.6. The zero-order valence-electron chi connectivity index (χ0n) is 30.3. The quantitative estimate of drug-likeness (QED) is 0.161. The van der Waals surface area contributed by atoms with E-state index in [0.717, 1.165) is 66.5 Å². The van der Waals surface area contributed by atoms with Gasteiger partial charge < -0.3 is 9.47 Å². The Bertz CT molecular complexity index is 3160. The summed E-state index contributed by atoms with van der Waals surface area (Å²) >= 11 is 0. The first-order valence-electron chi connectivity index (χ1n) is 18.6. The average Bonchev–Trinajstić information content (AvgIpc) is 3.60. The highest BCUT2D eigenvalue weighted by molar-refractivity contribution is 6.22. The second kappa shape index (κ2) is 13.5. The fourth-order valence-electron chi connectivity index (χ4n) is 8.46. The molecule has 1 heterocycles. The third kappa shape index (κ3) is 5.21. The average molecular weight is 713 g/mol. The van der Waals surface area contributed by atoms with E-state index in [2.05, 4.69) is 149 Å². The first-order chi connectivity index (χ1) is 27.7. The Hall–Kier alpha value is -7.92. The van der Waals surface area contributed by atoms with Crippen molar-refractivity contribution in [3.8, 4) is 40.1 Å². The van der Waals surface area contributed by atoms with Crippen molar-refractivity contribution in [3.63, 3.8) is 0 Å². The largest absolute Gasteiger partial charge is 0.310 e. The van der Waals surface area contributed by atoms with E-state index in [4.69, 9.17) is 0 Å². The van der Waals surface area contributed by atoms with E-state index in [0.29, 0.717) is 11.1 Å². The SMILES string of the molecule is N#Cc1ccccc1-c1c2ccccc2c(-c2ccccc2C#N)c2cc(N(c3ccccc3)c3ccc(-n4c5ccccc5c5ccccc54)cc3)ccc12. The molecule has 0 saturated heterocycles. The number of rotatable bonds is 6. The molecule has 260 valence electrons. The van der Waals surface area contributed by atoms with Gasteiger partial charge in [-0.3, -0.25) is 0 Å². The van der Waals surface area contributed by atoms with Crippen molar-refractivity contribution in [2.45, 2.75) is 0 Å². The van der Waals surface area contributed by atoms with E-state index < -0.39 is 0 Å². The molecule has 0 unspecified atom stereocenters. The highest BCUT2D eigenvalue weighted by Gasteiger charge is 2.22. The Kier molecular flexibility index (Phi) is 7.88. The molecule has 0 atom stereocenters. The lowest BCUT2D eigenvalue weighted by atomic mass is 9.83. The maximum Gasteiger partial charge on any atom is 0.0998 e. The molecule has 0 spiro atoms. The summed E-state index contributed by atoms with van der Waals surface area (Å²) in [6, 6.07) is 71.8. The molecule has 10 rings (SSSR count). The number of nitriles is 2. The third-order valence-corrected chi connectivity index (χ3v) is 10.9. The van der Waals surface area contributed by atoms with Crippen LogP contribution in [0.15, 0.2) is 194 Å². The van der Waals surface area contributed by atoms with Gasteiger partial charge >= 0.3 is 0 Å². The monoisotopic (exact) mass is 712 g/mol. The number of benzene rings is 9. The smallest absolute Gasteiger partial charge is 0.0998 e. The lowest BCUT2D eigenvalue weighted by molar-refractivity contribution is 1.17. The molecule has 9 aromatic carbocycles. The zero-order valence-corrected chi connectivity index (χ0v) is 30.3. The molecular formula is C52H32N4. The number of hydrogen-bond donors (Lipinski definition) is 0. The van der Waals surface area contributed by atoms with Gasteiger partial charge in [0, 0.05) is 44.6 Å². The fourth-order valence-corrected chi connectivity index (χ4v) is 8.46. The van der Waals surface area contributed by atoms with E-state index in [9.17, 15) is 10.5 Å². The summed E-state index contributed by atoms with van der Waals surface area (Å²) in [4.78, 5) is 2.28. The number of aromatic nitrogens is 1. The van der Waals surface area contributed by atoms with Gasteiger partial charge in [-0.2, -0.15) is 10.5 Å². The fraction of sp³-hybridized carbons (Fsp3) is 0. The van der Waals surface area contributed by atoms with Gasteiger partial charge in [0.1, 0.15) is 0 Å². The minimum atomic E-state index is 0.607. The molecule has 0 fully saturated rings. The van der Waals surface area contributed by atoms with Crippen LogP contribution in [0.4, 0.5) is 17.1 Å². The molecule has 0 amide bonds. The molecule has 0 aliphatic carbocycles. The summed E-state index contributed by atoms with van der Waals surface area (Å²) in [5.41, 5.74) is 11.4. The summed E-state index contributed by atoms with van der Waals surface area (Å²) in [7, 11) is 0. The van der Waals surface area contributed by atoms with Gasteiger partial charge in [-0.15, -0.1) is 0 Å². The normalized spacial score (nSPS) is 11.2. The summed E-state index contributed by atoms with van der Waals surface area (Å²) in [5, 5.41) is 27.2. The van der Waals surface area contributed by atoms with Gasteiger partial charge in [0.2, 0.25) is 0 Å². The summed E-state index contributed by atoms with van der Waals surface area (Å²) in [6.07, 6.45) is 0. The van der Waals surface area contributed by atoms with Gasteiger partial charge in [-0.1, -0.05) is 121 Å². The van der Waals surface area contributed by atoms with Crippen molar-refractivity contribution < 1.29 is 0 Å². The third-order valence-electron chi connectivity index (χ3n) is 10.9. The Labute approximate surface area is 324 Å². The van der Waals surface area contributed by atoms with Crippen LogP contribution in [0.3, 0.4) is 0 Å². The maximum atomic E-state index is 10.4. The van der Waals surface area contributed by atoms with Crippen LogP contribution in [0.25, 0.3) is 71.3 Å². The highest BCUT2D eigenvalue weighted by atomic mass is 15.1. The predicted octanol–water partition coefficient (Wildman–Crippen LogP) is 13.6. The Morgan fingerprint density at radius 1 is 0.357 bits per heavy atom. The molecule has 4 nitrogen and oxygen atoms in total. The van der Waals surface area contributed by atoms with E-state index in [1.54, 1.807) is 0 Å². The number of hydrogen-bond acceptors (Lipinski definition) is 3. The zero-order chi connectivity index (χ0) is 37.6. The molecule has 0 aliphatic heterocycles. The molecule has 0 N–H and O–H groups in total. The Morgan fingerprint density at radius 2 is 0.786 bits per heavy atom. The van der Waals surface area contributed by atoms with Crippen molar-refractivity contribution >= 4 is 60.4 Å². The number of para-hydroxylation sites is 3. The molecule has 0 saturated carbocycles. The second-order valence-electron chi connectivity index (χ2n) is 13.9. The van der Waals surface area contributed by atoms with Crippen LogP contribution in [-0.2, 0) is 0 Å². The van der Waals surface area contributed by atoms with Gasteiger partial charge in [0.15, 0.2) is 0 Å². The van der Waals surface area contributed by atoms with Crippen LogP contribution in [0.5, 0.6) is 0 Å². The number of fused-ring (bicyclic) bond motifs is 5. The minimum Gasteiger partial charge on any atom is -0.310 e. The van der Waals surface area contributed by atoms with Gasteiger partial charge in [-0.25, -0.2) is 0 Å². The number of nitrogens with zero attached hydrogens (tertiary/aromatic N) is 4. The molecule has 56 heavy (non-hydrogen) atoms. The van der Waals surface area contributed by atoms with Crippen molar-refractivity contribution in [2.75, 3.05) is 4.90 Å². The van der Waals surface area contributed by atoms with E-state index in [1.807, 2.05) is 66.7 Å². The number of anilines is 3.